The van der Waals surface area contributed by atoms with Crippen molar-refractivity contribution in [3.8, 4) is 0 Å². The van der Waals surface area contributed by atoms with Crippen molar-refractivity contribution in [2.24, 2.45) is 0 Å². The number of rotatable bonds is 8. The van der Waals surface area contributed by atoms with E-state index in [0.717, 1.165) is 31.0 Å². The minimum absolute atomic E-state index is 0.0308. The van der Waals surface area contributed by atoms with Gasteiger partial charge in [0, 0.05) is 6.04 Å². The number of nitrogens with zero attached hydrogens (tertiary/aromatic N) is 4. The lowest BCUT2D eigenvalue weighted by Crippen LogP contribution is -2.43. The Morgan fingerprint density at radius 3 is 2.50 bits per heavy atom. The second kappa shape index (κ2) is 11.1. The highest BCUT2D eigenvalue weighted by molar-refractivity contribution is 7.99. The molecule has 2 aromatic rings. The van der Waals surface area contributed by atoms with E-state index in [4.69, 9.17) is 0 Å². The van der Waals surface area contributed by atoms with E-state index in [9.17, 15) is 9.59 Å². The lowest BCUT2D eigenvalue weighted by Gasteiger charge is -2.26. The van der Waals surface area contributed by atoms with E-state index in [2.05, 4.69) is 42.4 Å². The van der Waals surface area contributed by atoms with Crippen LogP contribution in [-0.2, 0) is 17.9 Å². The number of carbonyl (C=O) groups excluding carboxylic acids is 2. The van der Waals surface area contributed by atoms with Crippen molar-refractivity contribution in [2.75, 3.05) is 18.8 Å². The minimum Gasteiger partial charge on any atom is -0.336 e. The van der Waals surface area contributed by atoms with Crippen LogP contribution in [0.15, 0.2) is 35.5 Å². The highest BCUT2D eigenvalue weighted by Crippen LogP contribution is 2.21. The zero-order valence-corrected chi connectivity index (χ0v) is 18.5. The van der Waals surface area contributed by atoms with Crippen LogP contribution in [-0.4, -0.2) is 56.5 Å². The fraction of sp³-hybridized carbons (Fsp3) is 0.524. The fourth-order valence-electron chi connectivity index (χ4n) is 3.38. The van der Waals surface area contributed by atoms with Crippen molar-refractivity contribution >= 4 is 23.7 Å². The summed E-state index contributed by atoms with van der Waals surface area (Å²) in [5.41, 5.74) is 1.15. The van der Waals surface area contributed by atoms with Gasteiger partial charge < -0.3 is 9.88 Å². The summed E-state index contributed by atoms with van der Waals surface area (Å²) in [5.74, 6) is 0.647. The summed E-state index contributed by atoms with van der Waals surface area (Å²) >= 11 is 1.30. The molecule has 0 radical (unpaired) electrons. The van der Waals surface area contributed by atoms with Gasteiger partial charge >= 0.3 is 6.03 Å². The molecule has 3 rings (SSSR count). The summed E-state index contributed by atoms with van der Waals surface area (Å²) in [7, 11) is 0. The Morgan fingerprint density at radius 2 is 1.80 bits per heavy atom. The molecule has 2 N–H and O–H groups in total. The van der Waals surface area contributed by atoms with Crippen LogP contribution in [0.4, 0.5) is 4.79 Å². The molecule has 1 aliphatic heterocycles. The second-order valence-corrected chi connectivity index (χ2v) is 8.71. The topological polar surface area (TPSA) is 92.2 Å². The van der Waals surface area contributed by atoms with E-state index in [0.29, 0.717) is 11.7 Å². The Kier molecular flexibility index (Phi) is 8.27. The van der Waals surface area contributed by atoms with Gasteiger partial charge in [0.2, 0.25) is 5.91 Å². The minimum atomic E-state index is -0.480. The largest absolute Gasteiger partial charge is 0.336 e. The third-order valence-electron chi connectivity index (χ3n) is 4.80. The summed E-state index contributed by atoms with van der Waals surface area (Å²) in [6.07, 6.45) is 3.72. The first-order valence-electron chi connectivity index (χ1n) is 10.4. The van der Waals surface area contributed by atoms with Crippen LogP contribution in [0.5, 0.6) is 0 Å². The molecular formula is C21H30N6O2S. The number of carbonyl (C=O) groups is 2. The van der Waals surface area contributed by atoms with E-state index in [-0.39, 0.29) is 17.7 Å². The maximum atomic E-state index is 12.1. The number of imide groups is 1. The first kappa shape index (κ1) is 22.3. The maximum absolute atomic E-state index is 12.1. The molecule has 30 heavy (non-hydrogen) atoms. The average Bonchev–Trinajstić information content (AvgIpc) is 3.08. The number of amides is 3. The van der Waals surface area contributed by atoms with Crippen LogP contribution in [0, 0.1) is 0 Å². The molecule has 1 saturated heterocycles. The number of hydrogen-bond donors (Lipinski definition) is 2. The van der Waals surface area contributed by atoms with Gasteiger partial charge in [0.25, 0.3) is 0 Å². The van der Waals surface area contributed by atoms with Crippen molar-refractivity contribution in [3.63, 3.8) is 0 Å². The lowest BCUT2D eigenvalue weighted by atomic mass is 10.1. The second-order valence-electron chi connectivity index (χ2n) is 7.77. The number of hydrogen-bond acceptors (Lipinski definition) is 6. The summed E-state index contributed by atoms with van der Waals surface area (Å²) in [4.78, 5) is 26.3. The molecule has 3 amide bonds. The van der Waals surface area contributed by atoms with Gasteiger partial charge in [-0.1, -0.05) is 48.5 Å². The highest BCUT2D eigenvalue weighted by Gasteiger charge is 2.19. The van der Waals surface area contributed by atoms with Crippen LogP contribution >= 0.6 is 11.8 Å². The first-order chi connectivity index (χ1) is 14.5. The van der Waals surface area contributed by atoms with Crippen molar-refractivity contribution in [3.05, 3.63) is 41.7 Å². The molecule has 0 unspecified atom stereocenters. The molecule has 9 heteroatoms. The molecule has 1 aliphatic rings. The van der Waals surface area contributed by atoms with Gasteiger partial charge in [0.05, 0.1) is 18.8 Å². The number of urea groups is 1. The number of likely N-dealkylation sites (tertiary alicyclic amines) is 1. The molecule has 2 heterocycles. The zero-order valence-electron chi connectivity index (χ0n) is 17.6. The summed E-state index contributed by atoms with van der Waals surface area (Å²) in [6.45, 7) is 7.24. The van der Waals surface area contributed by atoms with Gasteiger partial charge in [-0.2, -0.15) is 0 Å². The smallest absolute Gasteiger partial charge is 0.321 e. The monoisotopic (exact) mass is 430 g/mol. The lowest BCUT2D eigenvalue weighted by molar-refractivity contribution is -0.117. The van der Waals surface area contributed by atoms with Crippen LogP contribution in [0.1, 0.15) is 44.5 Å². The molecule has 0 bridgehead atoms. The maximum Gasteiger partial charge on any atom is 0.321 e. The Morgan fingerprint density at radius 1 is 1.07 bits per heavy atom. The van der Waals surface area contributed by atoms with Gasteiger partial charge in [-0.15, -0.1) is 10.2 Å². The van der Waals surface area contributed by atoms with Gasteiger partial charge in [0.1, 0.15) is 5.82 Å². The third kappa shape index (κ3) is 6.84. The number of nitrogens with one attached hydrogen (secondary N) is 2. The molecule has 1 fully saturated rings. The molecule has 8 nitrogen and oxygen atoms in total. The normalized spacial score (nSPS) is 14.6. The molecule has 0 atom stereocenters. The van der Waals surface area contributed by atoms with E-state index in [1.807, 2.05) is 32.0 Å². The molecule has 0 spiro atoms. The summed E-state index contributed by atoms with van der Waals surface area (Å²) in [5, 5.41) is 14.4. The van der Waals surface area contributed by atoms with Crippen LogP contribution < -0.4 is 10.6 Å². The van der Waals surface area contributed by atoms with E-state index >= 15 is 0 Å². The molecule has 162 valence electrons. The van der Waals surface area contributed by atoms with Crippen molar-refractivity contribution < 1.29 is 9.59 Å². The van der Waals surface area contributed by atoms with Gasteiger partial charge in [-0.25, -0.2) is 4.79 Å². The first-order valence-corrected chi connectivity index (χ1v) is 11.4. The van der Waals surface area contributed by atoms with Crippen LogP contribution in [0.2, 0.25) is 0 Å². The summed E-state index contributed by atoms with van der Waals surface area (Å²) < 4.78 is 2.08. The average molecular weight is 431 g/mol. The highest BCUT2D eigenvalue weighted by atomic mass is 32.2. The standard InChI is InChI=1S/C21H30N6O2S/c1-16(2)22-20(29)23-19(28)15-30-21-25-24-18(14-26-11-7-4-8-12-26)27(21)13-17-9-5-3-6-10-17/h3,5-6,9-10,16H,4,7-8,11-15H2,1-2H3,(H2,22,23,28,29). The Labute approximate surface area is 181 Å². The van der Waals surface area contributed by atoms with Crippen molar-refractivity contribution in [1.82, 2.24) is 30.3 Å². The summed E-state index contributed by atoms with van der Waals surface area (Å²) in [6, 6.07) is 9.65. The molecule has 1 aromatic carbocycles. The Balaban J connectivity index is 1.67. The number of aromatic nitrogens is 3. The predicted octanol–water partition coefficient (Wildman–Crippen LogP) is 2.64. The van der Waals surface area contributed by atoms with Gasteiger partial charge in [-0.05, 0) is 45.3 Å². The Bertz CT molecular complexity index is 833. The SMILES string of the molecule is CC(C)NC(=O)NC(=O)CSc1nnc(CN2CCCCC2)n1Cc1ccccc1. The predicted molar refractivity (Wildman–Crippen MR) is 117 cm³/mol. The van der Waals surface area contributed by atoms with Crippen LogP contribution in [0.25, 0.3) is 0 Å². The molecular weight excluding hydrogens is 400 g/mol. The van der Waals surface area contributed by atoms with Gasteiger partial charge in [-0.3, -0.25) is 15.0 Å². The van der Waals surface area contributed by atoms with Gasteiger partial charge in [0.15, 0.2) is 5.16 Å². The fourth-order valence-corrected chi connectivity index (χ4v) is 4.13. The number of benzene rings is 1. The quantitative estimate of drug-likeness (QED) is 0.626. The van der Waals surface area contributed by atoms with E-state index in [1.165, 1.54) is 31.0 Å². The number of piperidine rings is 1. The molecule has 0 aliphatic carbocycles. The van der Waals surface area contributed by atoms with Crippen molar-refractivity contribution in [2.45, 2.75) is 57.4 Å². The molecule has 1 aromatic heterocycles. The number of thioether (sulfide) groups is 1. The third-order valence-corrected chi connectivity index (χ3v) is 5.76. The van der Waals surface area contributed by atoms with Crippen molar-refractivity contribution in [1.29, 1.82) is 0 Å². The van der Waals surface area contributed by atoms with Crippen LogP contribution in [0.3, 0.4) is 0 Å². The Hall–Kier alpha value is -2.39. The zero-order chi connectivity index (χ0) is 21.3. The van der Waals surface area contributed by atoms with E-state index < -0.39 is 6.03 Å². The molecule has 0 saturated carbocycles. The van der Waals surface area contributed by atoms with E-state index in [1.54, 1.807) is 0 Å².